The molecule has 5 heteroatoms. The number of aromatic nitrogens is 2. The fourth-order valence-electron chi connectivity index (χ4n) is 2.02. The first kappa shape index (κ1) is 15.2. The molecule has 0 saturated heterocycles. The molecule has 0 fully saturated rings. The Balaban J connectivity index is 1.98. The molecule has 0 saturated carbocycles. The number of halogens is 1. The van der Waals surface area contributed by atoms with Crippen molar-refractivity contribution < 1.29 is 5.11 Å². The Hall–Kier alpha value is -1.17. The summed E-state index contributed by atoms with van der Waals surface area (Å²) >= 11 is 3.43. The maximum Gasteiger partial charge on any atom is 0.102 e. The number of benzene rings is 1. The van der Waals surface area contributed by atoms with Crippen LogP contribution in [0, 0.1) is 0 Å². The fourth-order valence-corrected chi connectivity index (χ4v) is 2.29. The monoisotopic (exact) mass is 337 g/mol. The van der Waals surface area contributed by atoms with E-state index in [0.29, 0.717) is 6.54 Å². The molecule has 1 aromatic heterocycles. The number of nitrogens with one attached hydrogen (secondary N) is 1. The van der Waals surface area contributed by atoms with Gasteiger partial charge >= 0.3 is 0 Å². The van der Waals surface area contributed by atoms with Gasteiger partial charge in [-0.3, -0.25) is 4.68 Å². The van der Waals surface area contributed by atoms with Gasteiger partial charge in [0.15, 0.2) is 0 Å². The molecule has 1 aromatic carbocycles. The first-order chi connectivity index (χ1) is 9.38. The molecule has 2 unspecified atom stereocenters. The van der Waals surface area contributed by atoms with Gasteiger partial charge in [0.05, 0.1) is 6.20 Å². The highest BCUT2D eigenvalue weighted by Gasteiger charge is 2.25. The van der Waals surface area contributed by atoms with E-state index in [1.807, 2.05) is 25.4 Å². The molecule has 0 spiro atoms. The van der Waals surface area contributed by atoms with Crippen LogP contribution in [0.15, 0.2) is 41.1 Å². The van der Waals surface area contributed by atoms with Crippen molar-refractivity contribution >= 4 is 15.9 Å². The third-order valence-electron chi connectivity index (χ3n) is 3.45. The minimum absolute atomic E-state index is 0.172. The van der Waals surface area contributed by atoms with Gasteiger partial charge in [0.2, 0.25) is 0 Å². The molecular weight excluding hydrogens is 318 g/mol. The zero-order chi connectivity index (χ0) is 14.8. The van der Waals surface area contributed by atoms with Gasteiger partial charge in [0, 0.05) is 35.9 Å². The molecule has 2 atom stereocenters. The van der Waals surface area contributed by atoms with E-state index in [1.54, 1.807) is 17.8 Å². The van der Waals surface area contributed by atoms with E-state index < -0.39 is 5.60 Å². The van der Waals surface area contributed by atoms with Crippen LogP contribution in [-0.2, 0) is 12.6 Å². The van der Waals surface area contributed by atoms with Crippen LogP contribution in [0.5, 0.6) is 0 Å². The fraction of sp³-hybridized carbons (Fsp3) is 0.400. The molecule has 0 radical (unpaired) electrons. The number of aryl methyl sites for hydroxylation is 1. The molecule has 4 nitrogen and oxygen atoms in total. The molecule has 108 valence electrons. The normalized spacial score (nSPS) is 15.8. The second-order valence-corrected chi connectivity index (χ2v) is 6.25. The van der Waals surface area contributed by atoms with Gasteiger partial charge in [-0.1, -0.05) is 28.1 Å². The summed E-state index contributed by atoms with van der Waals surface area (Å²) in [4.78, 5) is 0. The molecule has 2 rings (SSSR count). The van der Waals surface area contributed by atoms with Crippen molar-refractivity contribution in [3.05, 3.63) is 52.3 Å². The average Bonchev–Trinajstić information content (AvgIpc) is 2.84. The van der Waals surface area contributed by atoms with Crippen molar-refractivity contribution in [2.75, 3.05) is 6.54 Å². The predicted molar refractivity (Wildman–Crippen MR) is 83.3 cm³/mol. The van der Waals surface area contributed by atoms with E-state index in [0.717, 1.165) is 10.0 Å². The lowest BCUT2D eigenvalue weighted by molar-refractivity contribution is 0.0543. The van der Waals surface area contributed by atoms with Gasteiger partial charge < -0.3 is 10.4 Å². The Morgan fingerprint density at radius 3 is 2.60 bits per heavy atom. The summed E-state index contributed by atoms with van der Waals surface area (Å²) in [5.74, 6) is 0. The summed E-state index contributed by atoms with van der Waals surface area (Å²) in [6.07, 6.45) is 3.54. The van der Waals surface area contributed by atoms with Gasteiger partial charge in [0.25, 0.3) is 0 Å². The van der Waals surface area contributed by atoms with Gasteiger partial charge in [-0.25, -0.2) is 0 Å². The Bertz CT molecular complexity index is 563. The standard InChI is InChI=1S/C15H20BrN3O/c1-11(12-4-6-14(16)7-5-12)17-10-15(2,20)13-8-18-19(3)9-13/h4-9,11,17,20H,10H2,1-3H3. The lowest BCUT2D eigenvalue weighted by atomic mass is 9.98. The minimum atomic E-state index is -0.933. The van der Waals surface area contributed by atoms with Crippen molar-refractivity contribution in [1.82, 2.24) is 15.1 Å². The van der Waals surface area contributed by atoms with E-state index in [9.17, 15) is 5.11 Å². The third kappa shape index (κ3) is 3.69. The van der Waals surface area contributed by atoms with Gasteiger partial charge in [0.1, 0.15) is 5.60 Å². The second-order valence-electron chi connectivity index (χ2n) is 5.33. The molecule has 2 aromatic rings. The highest BCUT2D eigenvalue weighted by molar-refractivity contribution is 9.10. The quantitative estimate of drug-likeness (QED) is 0.881. The molecule has 0 aliphatic heterocycles. The van der Waals surface area contributed by atoms with E-state index in [2.05, 4.69) is 45.4 Å². The SMILES string of the molecule is CC(NCC(C)(O)c1cnn(C)c1)c1ccc(Br)cc1. The van der Waals surface area contributed by atoms with Gasteiger partial charge in [-0.2, -0.15) is 5.10 Å². The number of nitrogens with zero attached hydrogens (tertiary/aromatic N) is 2. The molecule has 0 aliphatic carbocycles. The van der Waals surface area contributed by atoms with Crippen LogP contribution in [0.2, 0.25) is 0 Å². The largest absolute Gasteiger partial charge is 0.384 e. The topological polar surface area (TPSA) is 50.1 Å². The first-order valence-electron chi connectivity index (χ1n) is 6.59. The molecule has 2 N–H and O–H groups in total. The second kappa shape index (κ2) is 6.08. The van der Waals surface area contributed by atoms with Crippen molar-refractivity contribution in [3.8, 4) is 0 Å². The number of rotatable bonds is 5. The molecule has 1 heterocycles. The number of aliphatic hydroxyl groups is 1. The van der Waals surface area contributed by atoms with Crippen LogP contribution in [-0.4, -0.2) is 21.4 Å². The summed E-state index contributed by atoms with van der Waals surface area (Å²) in [5.41, 5.74) is 1.07. The highest BCUT2D eigenvalue weighted by Crippen LogP contribution is 2.21. The maximum absolute atomic E-state index is 10.5. The molecule has 0 amide bonds. The summed E-state index contributed by atoms with van der Waals surface area (Å²) in [5, 5.41) is 18.0. The zero-order valence-corrected chi connectivity index (χ0v) is 13.6. The summed E-state index contributed by atoms with van der Waals surface area (Å²) in [6, 6.07) is 8.35. The van der Waals surface area contributed by atoms with Gasteiger partial charge in [-0.15, -0.1) is 0 Å². The maximum atomic E-state index is 10.5. The van der Waals surface area contributed by atoms with Crippen LogP contribution >= 0.6 is 15.9 Å². The Labute approximate surface area is 127 Å². The lowest BCUT2D eigenvalue weighted by Gasteiger charge is -2.25. The Morgan fingerprint density at radius 1 is 1.40 bits per heavy atom. The van der Waals surface area contributed by atoms with Crippen LogP contribution in [0.3, 0.4) is 0 Å². The van der Waals surface area contributed by atoms with E-state index in [-0.39, 0.29) is 6.04 Å². The molecule has 0 aliphatic rings. The van der Waals surface area contributed by atoms with Crippen molar-refractivity contribution in [1.29, 1.82) is 0 Å². The Morgan fingerprint density at radius 2 is 2.05 bits per heavy atom. The minimum Gasteiger partial charge on any atom is -0.384 e. The van der Waals surface area contributed by atoms with E-state index in [1.165, 1.54) is 5.56 Å². The van der Waals surface area contributed by atoms with Crippen LogP contribution in [0.1, 0.15) is 31.0 Å². The summed E-state index contributed by atoms with van der Waals surface area (Å²) in [6.45, 7) is 4.35. The van der Waals surface area contributed by atoms with Crippen LogP contribution in [0.4, 0.5) is 0 Å². The lowest BCUT2D eigenvalue weighted by Crippen LogP contribution is -2.36. The summed E-state index contributed by atoms with van der Waals surface area (Å²) < 4.78 is 2.76. The zero-order valence-electron chi connectivity index (χ0n) is 12.0. The number of hydrogen-bond donors (Lipinski definition) is 2. The van der Waals surface area contributed by atoms with Gasteiger partial charge in [-0.05, 0) is 31.5 Å². The van der Waals surface area contributed by atoms with E-state index in [4.69, 9.17) is 0 Å². The first-order valence-corrected chi connectivity index (χ1v) is 7.38. The van der Waals surface area contributed by atoms with Crippen molar-refractivity contribution in [2.24, 2.45) is 7.05 Å². The van der Waals surface area contributed by atoms with E-state index >= 15 is 0 Å². The number of hydrogen-bond acceptors (Lipinski definition) is 3. The summed E-state index contributed by atoms with van der Waals surface area (Å²) in [7, 11) is 1.84. The molecule has 20 heavy (non-hydrogen) atoms. The Kier molecular flexibility index (Phi) is 4.62. The highest BCUT2D eigenvalue weighted by atomic mass is 79.9. The van der Waals surface area contributed by atoms with Crippen LogP contribution in [0.25, 0.3) is 0 Å². The van der Waals surface area contributed by atoms with Crippen molar-refractivity contribution in [2.45, 2.75) is 25.5 Å². The van der Waals surface area contributed by atoms with Crippen LogP contribution < -0.4 is 5.32 Å². The molecular formula is C15H20BrN3O. The smallest absolute Gasteiger partial charge is 0.102 e. The predicted octanol–water partition coefficient (Wildman–Crippen LogP) is 2.74. The third-order valence-corrected chi connectivity index (χ3v) is 3.98. The van der Waals surface area contributed by atoms with Crippen molar-refractivity contribution in [3.63, 3.8) is 0 Å². The average molecular weight is 338 g/mol. The molecule has 0 bridgehead atoms.